The summed E-state index contributed by atoms with van der Waals surface area (Å²) in [4.78, 5) is 11.3. The number of nitrogen functional groups attached to an aromatic ring is 1. The van der Waals surface area contributed by atoms with Crippen molar-refractivity contribution < 1.29 is 0 Å². The van der Waals surface area contributed by atoms with E-state index in [1.165, 1.54) is 19.3 Å². The summed E-state index contributed by atoms with van der Waals surface area (Å²) < 4.78 is 0. The molecule has 0 aromatic carbocycles. The smallest absolute Gasteiger partial charge is 0.136 e. The van der Waals surface area contributed by atoms with E-state index in [1.54, 1.807) is 0 Å². The Hall–Kier alpha value is -1.32. The van der Waals surface area contributed by atoms with Crippen molar-refractivity contribution in [2.75, 3.05) is 23.7 Å². The fourth-order valence-electron chi connectivity index (χ4n) is 2.05. The third kappa shape index (κ3) is 3.12. The topological polar surface area (TPSA) is 55.0 Å². The Morgan fingerprint density at radius 2 is 2.11 bits per heavy atom. The van der Waals surface area contributed by atoms with Gasteiger partial charge in [0.15, 0.2) is 0 Å². The minimum atomic E-state index is 0.551. The van der Waals surface area contributed by atoms with Gasteiger partial charge in [0.2, 0.25) is 0 Å². The maximum atomic E-state index is 5.90. The van der Waals surface area contributed by atoms with E-state index >= 15 is 0 Å². The molecule has 1 aliphatic carbocycles. The summed E-state index contributed by atoms with van der Waals surface area (Å²) in [5.74, 6) is 3.75. The Labute approximate surface area is 110 Å². The van der Waals surface area contributed by atoms with Crippen molar-refractivity contribution >= 4 is 11.6 Å². The van der Waals surface area contributed by atoms with Crippen molar-refractivity contribution in [2.24, 2.45) is 5.92 Å². The van der Waals surface area contributed by atoms with E-state index in [4.69, 9.17) is 5.73 Å². The molecule has 1 saturated carbocycles. The van der Waals surface area contributed by atoms with E-state index in [2.05, 4.69) is 35.6 Å². The van der Waals surface area contributed by atoms with Gasteiger partial charge < -0.3 is 10.6 Å². The Bertz CT molecular complexity index is 401. The first-order chi connectivity index (χ1) is 8.63. The molecule has 0 aliphatic heterocycles. The van der Waals surface area contributed by atoms with Crippen LogP contribution in [0.2, 0.25) is 0 Å². The van der Waals surface area contributed by atoms with Gasteiger partial charge in [0.05, 0.1) is 0 Å². The van der Waals surface area contributed by atoms with Crippen molar-refractivity contribution in [1.29, 1.82) is 0 Å². The van der Waals surface area contributed by atoms with Crippen LogP contribution in [0.1, 0.15) is 51.8 Å². The van der Waals surface area contributed by atoms with Crippen LogP contribution in [0.3, 0.4) is 0 Å². The number of nitrogens with zero attached hydrogens (tertiary/aromatic N) is 3. The quantitative estimate of drug-likeness (QED) is 0.841. The van der Waals surface area contributed by atoms with Gasteiger partial charge in [0.25, 0.3) is 0 Å². The van der Waals surface area contributed by atoms with Crippen LogP contribution >= 0.6 is 0 Å². The zero-order chi connectivity index (χ0) is 13.1. The van der Waals surface area contributed by atoms with Gasteiger partial charge in [0.1, 0.15) is 17.5 Å². The normalized spacial score (nSPS) is 16.6. The molecule has 2 N–H and O–H groups in total. The molecule has 18 heavy (non-hydrogen) atoms. The van der Waals surface area contributed by atoms with E-state index in [9.17, 15) is 0 Å². The number of rotatable bonds is 6. The summed E-state index contributed by atoms with van der Waals surface area (Å²) in [6.07, 6.45) is 3.60. The number of hydrogen-bond donors (Lipinski definition) is 1. The molecule has 1 aromatic rings. The van der Waals surface area contributed by atoms with Crippen LogP contribution in [0, 0.1) is 5.92 Å². The summed E-state index contributed by atoms with van der Waals surface area (Å²) in [7, 11) is 0. The van der Waals surface area contributed by atoms with Gasteiger partial charge >= 0.3 is 0 Å². The third-order valence-corrected chi connectivity index (χ3v) is 3.63. The monoisotopic (exact) mass is 248 g/mol. The molecule has 0 saturated heterocycles. The Kier molecular flexibility index (Phi) is 4.04. The summed E-state index contributed by atoms with van der Waals surface area (Å²) in [6.45, 7) is 8.66. The molecule has 4 nitrogen and oxygen atoms in total. The predicted molar refractivity (Wildman–Crippen MR) is 75.8 cm³/mol. The summed E-state index contributed by atoms with van der Waals surface area (Å²) in [5, 5.41) is 0. The molecular formula is C14H24N4. The van der Waals surface area contributed by atoms with Gasteiger partial charge in [-0.1, -0.05) is 20.3 Å². The SMILES string of the molecule is CCC(C)CN(CC)c1cc(N)nc(C2CC2)n1. The highest BCUT2D eigenvalue weighted by Gasteiger charge is 2.27. The van der Waals surface area contributed by atoms with E-state index in [0.29, 0.717) is 17.7 Å². The molecule has 2 rings (SSSR count). The zero-order valence-electron chi connectivity index (χ0n) is 11.7. The highest BCUT2D eigenvalue weighted by atomic mass is 15.2. The third-order valence-electron chi connectivity index (χ3n) is 3.63. The van der Waals surface area contributed by atoms with E-state index in [0.717, 1.165) is 24.7 Å². The minimum Gasteiger partial charge on any atom is -0.384 e. The van der Waals surface area contributed by atoms with Crippen LogP contribution in [0.25, 0.3) is 0 Å². The molecule has 0 spiro atoms. The van der Waals surface area contributed by atoms with Gasteiger partial charge in [-0.05, 0) is 25.7 Å². The standard InChI is InChI=1S/C14H24N4/c1-4-10(3)9-18(5-2)13-8-12(15)16-14(17-13)11-6-7-11/h8,10-11H,4-7,9H2,1-3H3,(H2,15,16,17). The first-order valence-corrected chi connectivity index (χ1v) is 7.03. The minimum absolute atomic E-state index is 0.551. The lowest BCUT2D eigenvalue weighted by atomic mass is 10.1. The molecule has 4 heteroatoms. The second-order valence-corrected chi connectivity index (χ2v) is 5.34. The second-order valence-electron chi connectivity index (χ2n) is 5.34. The number of aromatic nitrogens is 2. The summed E-state index contributed by atoms with van der Waals surface area (Å²) in [5.41, 5.74) is 5.90. The molecule has 1 unspecified atom stereocenters. The Morgan fingerprint density at radius 3 is 2.67 bits per heavy atom. The number of hydrogen-bond acceptors (Lipinski definition) is 4. The maximum Gasteiger partial charge on any atom is 0.136 e. The van der Waals surface area contributed by atoms with Crippen LogP contribution in [0.5, 0.6) is 0 Å². The van der Waals surface area contributed by atoms with E-state index in [-0.39, 0.29) is 0 Å². The van der Waals surface area contributed by atoms with Gasteiger partial charge in [-0.15, -0.1) is 0 Å². The maximum absolute atomic E-state index is 5.90. The summed E-state index contributed by atoms with van der Waals surface area (Å²) in [6, 6.07) is 1.90. The lowest BCUT2D eigenvalue weighted by molar-refractivity contribution is 0.545. The second kappa shape index (κ2) is 5.55. The van der Waals surface area contributed by atoms with Crippen molar-refractivity contribution in [1.82, 2.24) is 9.97 Å². The Morgan fingerprint density at radius 1 is 1.39 bits per heavy atom. The number of anilines is 2. The molecule has 1 aliphatic rings. The average molecular weight is 248 g/mol. The summed E-state index contributed by atoms with van der Waals surface area (Å²) >= 11 is 0. The molecule has 1 heterocycles. The van der Waals surface area contributed by atoms with Gasteiger partial charge in [-0.3, -0.25) is 0 Å². The van der Waals surface area contributed by atoms with Crippen LogP contribution in [-0.4, -0.2) is 23.1 Å². The van der Waals surface area contributed by atoms with Crippen LogP contribution in [0.4, 0.5) is 11.6 Å². The Balaban J connectivity index is 2.18. The molecule has 1 fully saturated rings. The zero-order valence-corrected chi connectivity index (χ0v) is 11.7. The van der Waals surface area contributed by atoms with Crippen molar-refractivity contribution in [2.45, 2.75) is 46.0 Å². The van der Waals surface area contributed by atoms with Crippen LogP contribution < -0.4 is 10.6 Å². The molecule has 0 bridgehead atoms. The fraction of sp³-hybridized carbons (Fsp3) is 0.714. The van der Waals surface area contributed by atoms with E-state index in [1.807, 2.05) is 6.07 Å². The highest BCUT2D eigenvalue weighted by Crippen LogP contribution is 2.38. The molecule has 1 aromatic heterocycles. The fourth-order valence-corrected chi connectivity index (χ4v) is 2.05. The first kappa shape index (κ1) is 13.1. The average Bonchev–Trinajstić information content (AvgIpc) is 3.18. The van der Waals surface area contributed by atoms with Crippen molar-refractivity contribution in [3.8, 4) is 0 Å². The van der Waals surface area contributed by atoms with Crippen LogP contribution in [0.15, 0.2) is 6.07 Å². The number of nitrogens with two attached hydrogens (primary N) is 1. The van der Waals surface area contributed by atoms with Gasteiger partial charge in [-0.25, -0.2) is 9.97 Å². The molecule has 0 radical (unpaired) electrons. The van der Waals surface area contributed by atoms with E-state index < -0.39 is 0 Å². The van der Waals surface area contributed by atoms with Crippen LogP contribution in [-0.2, 0) is 0 Å². The molecule has 0 amide bonds. The predicted octanol–water partition coefficient (Wildman–Crippen LogP) is 2.81. The van der Waals surface area contributed by atoms with Gasteiger partial charge in [0, 0.05) is 25.1 Å². The van der Waals surface area contributed by atoms with Crippen molar-refractivity contribution in [3.63, 3.8) is 0 Å². The molecular weight excluding hydrogens is 224 g/mol. The highest BCUT2D eigenvalue weighted by molar-refractivity contribution is 5.47. The lowest BCUT2D eigenvalue weighted by Crippen LogP contribution is -2.29. The lowest BCUT2D eigenvalue weighted by Gasteiger charge is -2.25. The first-order valence-electron chi connectivity index (χ1n) is 7.03. The van der Waals surface area contributed by atoms with Crippen molar-refractivity contribution in [3.05, 3.63) is 11.9 Å². The largest absolute Gasteiger partial charge is 0.384 e. The molecule has 1 atom stereocenters. The molecule has 100 valence electrons. The van der Waals surface area contributed by atoms with Gasteiger partial charge in [-0.2, -0.15) is 0 Å².